The van der Waals surface area contributed by atoms with Crippen LogP contribution in [0.3, 0.4) is 0 Å². The minimum absolute atomic E-state index is 0.0319. The highest BCUT2D eigenvalue weighted by Gasteiger charge is 2.21. The van der Waals surface area contributed by atoms with E-state index < -0.39 is 12.0 Å². The number of aromatic nitrogens is 3. The highest BCUT2D eigenvalue weighted by atomic mass is 79.9. The summed E-state index contributed by atoms with van der Waals surface area (Å²) in [7, 11) is 0. The highest BCUT2D eigenvalue weighted by molar-refractivity contribution is 9.10. The molecule has 0 radical (unpaired) electrons. The van der Waals surface area contributed by atoms with Gasteiger partial charge >= 0.3 is 6.09 Å². The molecule has 0 bridgehead atoms. The summed E-state index contributed by atoms with van der Waals surface area (Å²) in [5.74, 6) is 0.457. The van der Waals surface area contributed by atoms with E-state index in [0.717, 1.165) is 45.3 Å². The molecule has 1 saturated heterocycles. The molecule has 1 aliphatic heterocycles. The molecule has 0 atom stereocenters. The van der Waals surface area contributed by atoms with Crippen LogP contribution in [-0.4, -0.2) is 58.3 Å². The van der Waals surface area contributed by atoms with Gasteiger partial charge in [0.15, 0.2) is 0 Å². The standard InChI is InChI=1S/C25H28BrClN6O3/c26-21-22(30-23(34)19-3-1-2-4-20(19)27)31-32-24(21)36-25(35)29-13-7-18-9-15-33(16-10-18)14-8-17-5-11-28-12-6-17/h1-6,11-12,18H,7-10,13-16H2,(H,29,35)(H2,30,31,32,34). The molecular formula is C25H28BrClN6O3. The van der Waals surface area contributed by atoms with Gasteiger partial charge in [-0.15, -0.1) is 5.10 Å². The summed E-state index contributed by atoms with van der Waals surface area (Å²) in [6.07, 6.45) is 7.25. The van der Waals surface area contributed by atoms with Crippen molar-refractivity contribution in [2.24, 2.45) is 5.92 Å². The second-order valence-corrected chi connectivity index (χ2v) is 9.85. The van der Waals surface area contributed by atoms with Crippen molar-refractivity contribution in [2.75, 3.05) is 31.5 Å². The Balaban J connectivity index is 1.15. The molecule has 11 heteroatoms. The van der Waals surface area contributed by atoms with Crippen molar-refractivity contribution in [1.29, 1.82) is 0 Å². The van der Waals surface area contributed by atoms with Crippen LogP contribution in [0.5, 0.6) is 5.88 Å². The number of carbonyl (C=O) groups excluding carboxylic acids is 2. The molecule has 1 aromatic carbocycles. The Bertz CT molecular complexity index is 1170. The van der Waals surface area contributed by atoms with Crippen LogP contribution in [0.1, 0.15) is 35.2 Å². The molecule has 0 aliphatic carbocycles. The van der Waals surface area contributed by atoms with Gasteiger partial charge in [0.25, 0.3) is 11.8 Å². The smallest absolute Gasteiger partial charge is 0.388 e. The third-order valence-corrected chi connectivity index (χ3v) is 7.28. The number of H-pyrrole nitrogens is 1. The Kier molecular flexibility index (Phi) is 9.32. The van der Waals surface area contributed by atoms with Gasteiger partial charge in [-0.1, -0.05) is 23.7 Å². The van der Waals surface area contributed by atoms with Crippen LogP contribution in [0, 0.1) is 5.92 Å². The quantitative estimate of drug-likeness (QED) is 0.334. The van der Waals surface area contributed by atoms with Crippen LogP contribution in [0.25, 0.3) is 0 Å². The Labute approximate surface area is 223 Å². The van der Waals surface area contributed by atoms with Gasteiger partial charge in [-0.2, -0.15) is 0 Å². The SMILES string of the molecule is O=C(NCCC1CCN(CCc2ccncc2)CC1)Oc1n[nH]c(NC(=O)c2ccccc2Cl)c1Br. The zero-order valence-electron chi connectivity index (χ0n) is 19.7. The predicted molar refractivity (Wildman–Crippen MR) is 141 cm³/mol. The number of ether oxygens (including phenoxy) is 1. The maximum Gasteiger partial charge on any atom is 0.414 e. The summed E-state index contributed by atoms with van der Waals surface area (Å²) in [6, 6.07) is 10.8. The summed E-state index contributed by atoms with van der Waals surface area (Å²) in [6.45, 7) is 3.73. The summed E-state index contributed by atoms with van der Waals surface area (Å²) in [5, 5.41) is 12.4. The van der Waals surface area contributed by atoms with Crippen LogP contribution in [-0.2, 0) is 6.42 Å². The number of pyridine rings is 1. The summed E-state index contributed by atoms with van der Waals surface area (Å²) in [4.78, 5) is 31.3. The first-order valence-corrected chi connectivity index (χ1v) is 13.0. The molecule has 190 valence electrons. The van der Waals surface area contributed by atoms with Gasteiger partial charge in [-0.25, -0.2) is 4.79 Å². The van der Waals surface area contributed by atoms with E-state index in [1.54, 1.807) is 24.3 Å². The highest BCUT2D eigenvalue weighted by Crippen LogP contribution is 2.30. The number of halogens is 2. The largest absolute Gasteiger partial charge is 0.414 e. The van der Waals surface area contributed by atoms with E-state index in [1.165, 1.54) is 5.56 Å². The first kappa shape index (κ1) is 26.1. The zero-order valence-corrected chi connectivity index (χ0v) is 22.0. The molecular weight excluding hydrogens is 548 g/mol. The number of aromatic amines is 1. The van der Waals surface area contributed by atoms with Crippen LogP contribution >= 0.6 is 27.5 Å². The van der Waals surface area contributed by atoms with Crippen molar-refractivity contribution >= 4 is 45.3 Å². The van der Waals surface area contributed by atoms with Gasteiger partial charge < -0.3 is 20.3 Å². The molecule has 0 saturated carbocycles. The van der Waals surface area contributed by atoms with Gasteiger partial charge in [0, 0.05) is 25.5 Å². The van der Waals surface area contributed by atoms with E-state index in [9.17, 15) is 9.59 Å². The average molecular weight is 576 g/mol. The Morgan fingerprint density at radius 2 is 1.92 bits per heavy atom. The summed E-state index contributed by atoms with van der Waals surface area (Å²) < 4.78 is 5.62. The number of piperidine rings is 1. The number of likely N-dealkylation sites (tertiary alicyclic amines) is 1. The summed E-state index contributed by atoms with van der Waals surface area (Å²) in [5.41, 5.74) is 1.63. The number of carbonyl (C=O) groups is 2. The number of nitrogens with zero attached hydrogens (tertiary/aromatic N) is 3. The molecule has 2 aromatic heterocycles. The monoisotopic (exact) mass is 574 g/mol. The van der Waals surface area contributed by atoms with Crippen LogP contribution in [0.4, 0.5) is 10.6 Å². The van der Waals surface area contributed by atoms with Crippen molar-refractivity contribution in [3.05, 3.63) is 69.4 Å². The zero-order chi connectivity index (χ0) is 25.3. The van der Waals surface area contributed by atoms with Crippen LogP contribution in [0.2, 0.25) is 5.02 Å². The fourth-order valence-corrected chi connectivity index (χ4v) is 4.70. The first-order chi connectivity index (χ1) is 17.5. The Hall–Kier alpha value is -2.95. The van der Waals surface area contributed by atoms with E-state index in [1.807, 2.05) is 12.4 Å². The number of benzene rings is 1. The lowest BCUT2D eigenvalue weighted by Gasteiger charge is -2.32. The predicted octanol–water partition coefficient (Wildman–Crippen LogP) is 4.91. The minimum atomic E-state index is -0.596. The molecule has 3 heterocycles. The number of hydrogen-bond acceptors (Lipinski definition) is 6. The molecule has 0 unspecified atom stereocenters. The first-order valence-electron chi connectivity index (χ1n) is 11.9. The van der Waals surface area contributed by atoms with Gasteiger partial charge in [-0.05, 0) is 90.4 Å². The van der Waals surface area contributed by atoms with E-state index in [4.69, 9.17) is 16.3 Å². The third kappa shape index (κ3) is 7.28. The maximum atomic E-state index is 12.4. The number of amides is 2. The molecule has 0 spiro atoms. The van der Waals surface area contributed by atoms with Crippen molar-refractivity contribution in [3.8, 4) is 5.88 Å². The van der Waals surface area contributed by atoms with Crippen molar-refractivity contribution in [3.63, 3.8) is 0 Å². The fraction of sp³-hybridized carbons (Fsp3) is 0.360. The Morgan fingerprint density at radius 1 is 1.17 bits per heavy atom. The maximum absolute atomic E-state index is 12.4. The average Bonchev–Trinajstić information content (AvgIpc) is 3.22. The lowest BCUT2D eigenvalue weighted by atomic mass is 9.93. The lowest BCUT2D eigenvalue weighted by Crippen LogP contribution is -2.36. The molecule has 36 heavy (non-hydrogen) atoms. The van der Waals surface area contributed by atoms with E-state index in [0.29, 0.717) is 27.5 Å². The normalized spacial score (nSPS) is 14.4. The summed E-state index contributed by atoms with van der Waals surface area (Å²) >= 11 is 9.38. The topological polar surface area (TPSA) is 112 Å². The van der Waals surface area contributed by atoms with Crippen LogP contribution < -0.4 is 15.4 Å². The lowest BCUT2D eigenvalue weighted by molar-refractivity contribution is 0.102. The molecule has 3 aromatic rings. The molecule has 2 amide bonds. The number of nitrogens with one attached hydrogen (secondary N) is 3. The van der Waals surface area contributed by atoms with Crippen molar-refractivity contribution in [1.82, 2.24) is 25.4 Å². The number of rotatable bonds is 9. The van der Waals surface area contributed by atoms with E-state index in [-0.39, 0.29) is 11.7 Å². The number of anilines is 1. The number of hydrogen-bond donors (Lipinski definition) is 3. The van der Waals surface area contributed by atoms with Gasteiger partial charge in [0.05, 0.1) is 10.6 Å². The molecule has 1 fully saturated rings. The second-order valence-electron chi connectivity index (χ2n) is 8.65. The fourth-order valence-electron chi connectivity index (χ4n) is 4.13. The second kappa shape index (κ2) is 12.8. The van der Waals surface area contributed by atoms with Gasteiger partial charge in [0.2, 0.25) is 0 Å². The van der Waals surface area contributed by atoms with E-state index in [2.05, 4.69) is 58.8 Å². The molecule has 4 rings (SSSR count). The van der Waals surface area contributed by atoms with Gasteiger partial charge in [0.1, 0.15) is 10.3 Å². The van der Waals surface area contributed by atoms with Crippen molar-refractivity contribution in [2.45, 2.75) is 25.7 Å². The Morgan fingerprint density at radius 3 is 2.67 bits per heavy atom. The minimum Gasteiger partial charge on any atom is -0.388 e. The molecule has 3 N–H and O–H groups in total. The molecule has 9 nitrogen and oxygen atoms in total. The van der Waals surface area contributed by atoms with Crippen LogP contribution in [0.15, 0.2) is 53.3 Å². The van der Waals surface area contributed by atoms with E-state index >= 15 is 0 Å². The van der Waals surface area contributed by atoms with Gasteiger partial charge in [-0.3, -0.25) is 14.9 Å². The van der Waals surface area contributed by atoms with Crippen molar-refractivity contribution < 1.29 is 14.3 Å². The third-order valence-electron chi connectivity index (χ3n) is 6.22. The molecule has 1 aliphatic rings.